The van der Waals surface area contributed by atoms with Crippen LogP contribution in [0.3, 0.4) is 0 Å². The molecule has 71 valence electrons. The van der Waals surface area contributed by atoms with Crippen LogP contribution in [0.25, 0.3) is 0 Å². The molecule has 0 aromatic carbocycles. The van der Waals surface area contributed by atoms with Crippen molar-refractivity contribution in [3.8, 4) is 0 Å². The molecule has 0 atom stereocenters. The molecule has 8 heteroatoms. The van der Waals surface area contributed by atoms with E-state index in [4.69, 9.17) is 0 Å². The van der Waals surface area contributed by atoms with E-state index in [2.05, 4.69) is 0 Å². The third kappa shape index (κ3) is 2.88. The van der Waals surface area contributed by atoms with E-state index in [9.17, 15) is 21.6 Å². The lowest BCUT2D eigenvalue weighted by Gasteiger charge is -1.99. The van der Waals surface area contributed by atoms with E-state index >= 15 is 0 Å². The highest BCUT2D eigenvalue weighted by Crippen LogP contribution is 2.00. The summed E-state index contributed by atoms with van der Waals surface area (Å²) in [5, 5.41) is 0. The van der Waals surface area contributed by atoms with Crippen LogP contribution >= 0.6 is 0 Å². The molecule has 0 rings (SSSR count). The van der Waals surface area contributed by atoms with E-state index in [1.54, 1.807) is 0 Å². The Hall–Kier alpha value is -0.470. The van der Waals surface area contributed by atoms with Crippen molar-refractivity contribution in [3.05, 3.63) is 0 Å². The number of hydrogen-bond donors (Lipinski definition) is 0. The third-order valence-corrected chi connectivity index (χ3v) is 4.20. The molecule has 0 bridgehead atoms. The van der Waals surface area contributed by atoms with Crippen LogP contribution in [0.4, 0.5) is 0 Å². The van der Waals surface area contributed by atoms with Crippen LogP contribution in [-0.2, 0) is 24.8 Å². The fraction of sp³-hybridized carbons (Fsp3) is 0.750. The third-order valence-electron chi connectivity index (χ3n) is 0.860. The van der Waals surface area contributed by atoms with Gasteiger partial charge in [0.25, 0.3) is 0 Å². The summed E-state index contributed by atoms with van der Waals surface area (Å²) in [5.41, 5.74) is 0. The second-order valence-electron chi connectivity index (χ2n) is 2.24. The minimum atomic E-state index is -4.03. The molecule has 0 aromatic heterocycles. The number of amides is 1. The molecule has 0 aliphatic heterocycles. The van der Waals surface area contributed by atoms with Gasteiger partial charge in [0, 0.05) is 0 Å². The summed E-state index contributed by atoms with van der Waals surface area (Å²) in [5.74, 6) is -1.04. The van der Waals surface area contributed by atoms with Crippen molar-refractivity contribution in [1.82, 2.24) is 3.71 Å². The predicted molar refractivity (Wildman–Crippen MR) is 42.5 cm³/mol. The molecule has 0 aliphatic rings. The van der Waals surface area contributed by atoms with Gasteiger partial charge in [-0.2, -0.15) is 16.8 Å². The van der Waals surface area contributed by atoms with E-state index in [0.29, 0.717) is 12.5 Å². The fourth-order valence-corrected chi connectivity index (χ4v) is 3.61. The second kappa shape index (κ2) is 3.11. The molecule has 1 radical (unpaired) electrons. The normalized spacial score (nSPS) is 13.3. The van der Waals surface area contributed by atoms with Crippen molar-refractivity contribution in [2.45, 2.75) is 6.92 Å². The quantitative estimate of drug-likeness (QED) is 0.528. The summed E-state index contributed by atoms with van der Waals surface area (Å²) >= 11 is 0. The molecule has 0 fully saturated rings. The first-order chi connectivity index (χ1) is 5.07. The monoisotopic (exact) mass is 215 g/mol. The summed E-state index contributed by atoms with van der Waals surface area (Å²) in [6.07, 6.45) is 1.30. The maximum atomic E-state index is 10.7. The SMILES string of the molecule is CC(=O)[N+](S(C)(=O)=O)S(C)(=O)=O. The second-order valence-corrected chi connectivity index (χ2v) is 6.14. The molecule has 0 saturated heterocycles. The van der Waals surface area contributed by atoms with Crippen molar-refractivity contribution in [1.29, 1.82) is 0 Å². The van der Waals surface area contributed by atoms with Crippen molar-refractivity contribution in [2.75, 3.05) is 12.5 Å². The molecule has 0 heterocycles. The Labute approximate surface area is 71.3 Å². The van der Waals surface area contributed by atoms with Gasteiger partial charge in [0.15, 0.2) is 0 Å². The Morgan fingerprint density at radius 1 is 1.00 bits per heavy atom. The highest BCUT2D eigenvalue weighted by molar-refractivity contribution is 8.05. The standard InChI is InChI=1S/C4H9NO5S2/c1-4(6)5(11(2,7)8)12(3,9)10/h1-3H3/q+1. The zero-order chi connectivity index (χ0) is 10.2. The highest BCUT2D eigenvalue weighted by Gasteiger charge is 2.43. The Morgan fingerprint density at radius 3 is 1.25 bits per heavy atom. The first-order valence-corrected chi connectivity index (χ1v) is 6.47. The van der Waals surface area contributed by atoms with Crippen LogP contribution in [0.2, 0.25) is 0 Å². The van der Waals surface area contributed by atoms with E-state index in [0.717, 1.165) is 6.92 Å². The Morgan fingerprint density at radius 2 is 1.25 bits per heavy atom. The van der Waals surface area contributed by atoms with Gasteiger partial charge < -0.3 is 0 Å². The lowest BCUT2D eigenvalue weighted by Crippen LogP contribution is -2.44. The van der Waals surface area contributed by atoms with Gasteiger partial charge in [0.05, 0.1) is 19.4 Å². The van der Waals surface area contributed by atoms with Crippen LogP contribution < -0.4 is 3.71 Å². The summed E-state index contributed by atoms with van der Waals surface area (Å²) in [6.45, 7) is 0.863. The Bertz CT molecular complexity index is 346. The van der Waals surface area contributed by atoms with Gasteiger partial charge in [-0.1, -0.05) is 0 Å². The molecular weight excluding hydrogens is 206 g/mol. The topological polar surface area (TPSA) is 91.2 Å². The van der Waals surface area contributed by atoms with Gasteiger partial charge in [-0.15, -0.1) is 0 Å². The molecule has 12 heavy (non-hydrogen) atoms. The van der Waals surface area contributed by atoms with E-state index < -0.39 is 26.0 Å². The van der Waals surface area contributed by atoms with E-state index in [-0.39, 0.29) is 3.71 Å². The summed E-state index contributed by atoms with van der Waals surface area (Å²) in [4.78, 5) is 10.6. The number of rotatable bonds is 2. The average Bonchev–Trinajstić information content (AvgIpc) is 1.49. The maximum absolute atomic E-state index is 10.7. The van der Waals surface area contributed by atoms with Gasteiger partial charge in [-0.3, -0.25) is 0 Å². The largest absolute Gasteiger partial charge is 0.392 e. The predicted octanol–water partition coefficient (Wildman–Crippen LogP) is -1.41. The zero-order valence-corrected chi connectivity index (χ0v) is 8.44. The van der Waals surface area contributed by atoms with Crippen LogP contribution in [-0.4, -0.2) is 35.3 Å². The summed E-state index contributed by atoms with van der Waals surface area (Å²) < 4.78 is 42.8. The zero-order valence-electron chi connectivity index (χ0n) is 6.80. The molecule has 6 nitrogen and oxygen atoms in total. The Kier molecular flexibility index (Phi) is 2.99. The molecule has 1 amide bonds. The number of hydrogen-bond acceptors (Lipinski definition) is 5. The fourth-order valence-electron chi connectivity index (χ4n) is 0.713. The number of carbonyl (C=O) groups is 1. The smallest absolute Gasteiger partial charge is 0.223 e. The van der Waals surface area contributed by atoms with Gasteiger partial charge in [0.1, 0.15) is 3.71 Å². The number of sulfonamides is 2. The molecule has 0 spiro atoms. The van der Waals surface area contributed by atoms with Crippen molar-refractivity contribution >= 4 is 26.0 Å². The molecule has 0 unspecified atom stereocenters. The number of carbonyl (C=O) groups excluding carboxylic acids is 1. The highest BCUT2D eigenvalue weighted by atomic mass is 32.3. The minimum Gasteiger partial charge on any atom is -0.223 e. The molecule has 0 N–H and O–H groups in total. The number of nitrogens with zero attached hydrogens (tertiary/aromatic N) is 1. The Balaban J connectivity index is 5.42. The minimum absolute atomic E-state index is 0.153. The molecule has 0 aromatic rings. The molecular formula is C4H9NO5S2+. The van der Waals surface area contributed by atoms with E-state index in [1.165, 1.54) is 0 Å². The van der Waals surface area contributed by atoms with Crippen LogP contribution in [0, 0.1) is 0 Å². The summed E-state index contributed by atoms with van der Waals surface area (Å²) in [7, 11) is -8.05. The van der Waals surface area contributed by atoms with Crippen LogP contribution in [0.5, 0.6) is 0 Å². The van der Waals surface area contributed by atoms with Crippen LogP contribution in [0.15, 0.2) is 0 Å². The first kappa shape index (κ1) is 11.5. The average molecular weight is 215 g/mol. The summed E-state index contributed by atoms with van der Waals surface area (Å²) in [6, 6.07) is 0. The van der Waals surface area contributed by atoms with Gasteiger partial charge in [0.2, 0.25) is 0 Å². The van der Waals surface area contributed by atoms with Crippen molar-refractivity contribution < 1.29 is 21.6 Å². The van der Waals surface area contributed by atoms with E-state index in [1.807, 2.05) is 0 Å². The van der Waals surface area contributed by atoms with Gasteiger partial charge >= 0.3 is 26.0 Å². The molecule has 0 saturated carbocycles. The van der Waals surface area contributed by atoms with Crippen molar-refractivity contribution in [2.24, 2.45) is 0 Å². The van der Waals surface area contributed by atoms with Gasteiger partial charge in [-0.05, 0) is 0 Å². The van der Waals surface area contributed by atoms with Crippen molar-refractivity contribution in [3.63, 3.8) is 0 Å². The maximum Gasteiger partial charge on any atom is 0.392 e. The lowest BCUT2D eigenvalue weighted by molar-refractivity contribution is -0.118. The van der Waals surface area contributed by atoms with Gasteiger partial charge in [-0.25, -0.2) is 4.79 Å². The first-order valence-electron chi connectivity index (χ1n) is 2.78. The van der Waals surface area contributed by atoms with Crippen LogP contribution in [0.1, 0.15) is 6.92 Å². The molecule has 0 aliphatic carbocycles. The lowest BCUT2D eigenvalue weighted by atomic mass is 10.8.